The van der Waals surface area contributed by atoms with E-state index in [4.69, 9.17) is 4.74 Å². The fraction of sp³-hybridized carbons (Fsp3) is 0.586. The predicted octanol–water partition coefficient (Wildman–Crippen LogP) is 8.60. The van der Waals surface area contributed by atoms with Gasteiger partial charge in [-0.3, -0.25) is 0 Å². The Morgan fingerprint density at radius 1 is 0.781 bits per heavy atom. The Balaban J connectivity index is 1.35. The molecule has 2 aromatic carbocycles. The summed E-state index contributed by atoms with van der Waals surface area (Å²) in [5.41, 5.74) is 2.30. The van der Waals surface area contributed by atoms with Gasteiger partial charge < -0.3 is 4.74 Å². The molecule has 2 aliphatic carbocycles. The zero-order chi connectivity index (χ0) is 22.5. The Labute approximate surface area is 192 Å². The van der Waals surface area contributed by atoms with Gasteiger partial charge in [-0.25, -0.2) is 4.39 Å². The molecule has 4 unspecified atom stereocenters. The van der Waals surface area contributed by atoms with Crippen molar-refractivity contribution in [1.29, 1.82) is 0 Å². The van der Waals surface area contributed by atoms with E-state index in [-0.39, 0.29) is 5.75 Å². The maximum absolute atomic E-state index is 14.7. The second-order valence-corrected chi connectivity index (χ2v) is 9.97. The summed E-state index contributed by atoms with van der Waals surface area (Å²) in [6.45, 7) is 4.76. The molecule has 0 N–H and O–H groups in total. The van der Waals surface area contributed by atoms with Crippen LogP contribution in [-0.2, 0) is 6.42 Å². The monoisotopic (exact) mass is 440 g/mol. The summed E-state index contributed by atoms with van der Waals surface area (Å²) in [5.74, 6) is 2.05. The maximum Gasteiger partial charge on any atom is 0.201 e. The minimum Gasteiger partial charge on any atom is -0.490 e. The van der Waals surface area contributed by atoms with Crippen LogP contribution in [0, 0.1) is 35.3 Å². The fourth-order valence-electron chi connectivity index (χ4n) is 6.32. The number of benzene rings is 2. The smallest absolute Gasteiger partial charge is 0.201 e. The van der Waals surface area contributed by atoms with E-state index in [2.05, 4.69) is 19.1 Å². The van der Waals surface area contributed by atoms with Gasteiger partial charge in [0.1, 0.15) is 0 Å². The summed E-state index contributed by atoms with van der Waals surface area (Å²) in [5, 5.41) is 0. The van der Waals surface area contributed by atoms with E-state index in [9.17, 15) is 8.78 Å². The standard InChI is InChI=1S/C29H38F2O/c1-3-5-19-32-27-18-17-26(28(30)29(27)31)23-11-8-20(9-12-23)7-10-22-14-16-24-21(6-4-2)13-15-25(22)24/h8-9,11-12,17-18,21-22,24-25H,3-7,10,13-16,19H2,1-2H3. The molecular formula is C29H38F2O. The van der Waals surface area contributed by atoms with Gasteiger partial charge in [-0.1, -0.05) is 57.4 Å². The molecule has 0 amide bonds. The first-order chi connectivity index (χ1) is 15.6. The lowest BCUT2D eigenvalue weighted by Gasteiger charge is -2.20. The number of rotatable bonds is 10. The van der Waals surface area contributed by atoms with Gasteiger partial charge in [0.2, 0.25) is 5.82 Å². The molecule has 3 heteroatoms. The first-order valence-electron chi connectivity index (χ1n) is 12.8. The highest BCUT2D eigenvalue weighted by atomic mass is 19.2. The molecule has 2 aromatic rings. The van der Waals surface area contributed by atoms with Crippen molar-refractivity contribution in [3.05, 3.63) is 53.6 Å². The van der Waals surface area contributed by atoms with Crippen molar-refractivity contribution in [2.45, 2.75) is 78.1 Å². The Morgan fingerprint density at radius 2 is 1.47 bits per heavy atom. The number of halogens is 2. The number of hydrogen-bond acceptors (Lipinski definition) is 1. The number of unbranched alkanes of at least 4 members (excludes halogenated alkanes) is 1. The number of aryl methyl sites for hydroxylation is 1. The summed E-state index contributed by atoms with van der Waals surface area (Å²) in [6.07, 6.45) is 12.6. The molecule has 0 spiro atoms. The van der Waals surface area contributed by atoms with Gasteiger partial charge in [0.05, 0.1) is 6.61 Å². The summed E-state index contributed by atoms with van der Waals surface area (Å²) < 4.78 is 34.5. The van der Waals surface area contributed by atoms with Gasteiger partial charge in [0, 0.05) is 5.56 Å². The van der Waals surface area contributed by atoms with Crippen LogP contribution < -0.4 is 4.74 Å². The molecular weight excluding hydrogens is 402 g/mol. The highest BCUT2D eigenvalue weighted by Crippen LogP contribution is 2.53. The number of ether oxygens (including phenoxy) is 1. The van der Waals surface area contributed by atoms with Crippen LogP contribution in [-0.4, -0.2) is 6.61 Å². The molecule has 4 atom stereocenters. The average Bonchev–Trinajstić information content (AvgIpc) is 3.39. The molecule has 32 heavy (non-hydrogen) atoms. The van der Waals surface area contributed by atoms with E-state index in [0.717, 1.165) is 42.9 Å². The van der Waals surface area contributed by atoms with Crippen molar-refractivity contribution in [2.75, 3.05) is 6.61 Å². The van der Waals surface area contributed by atoms with Crippen LogP contribution in [0.4, 0.5) is 8.78 Å². The lowest BCUT2D eigenvalue weighted by atomic mass is 9.85. The minimum absolute atomic E-state index is 0.000670. The van der Waals surface area contributed by atoms with E-state index in [1.54, 1.807) is 12.1 Å². The Hall–Kier alpha value is -1.90. The number of fused-ring (bicyclic) bond motifs is 1. The molecule has 0 bridgehead atoms. The van der Waals surface area contributed by atoms with Crippen molar-refractivity contribution in [2.24, 2.45) is 23.7 Å². The fourth-order valence-corrected chi connectivity index (χ4v) is 6.32. The highest BCUT2D eigenvalue weighted by Gasteiger charge is 2.43. The topological polar surface area (TPSA) is 9.23 Å². The average molecular weight is 441 g/mol. The molecule has 0 aromatic heterocycles. The van der Waals surface area contributed by atoms with Gasteiger partial charge >= 0.3 is 0 Å². The van der Waals surface area contributed by atoms with E-state index < -0.39 is 11.6 Å². The second kappa shape index (κ2) is 10.8. The molecule has 4 rings (SSSR count). The molecule has 2 saturated carbocycles. The molecule has 1 nitrogen and oxygen atoms in total. The van der Waals surface area contributed by atoms with Gasteiger partial charge in [-0.2, -0.15) is 4.39 Å². The molecule has 174 valence electrons. The Morgan fingerprint density at radius 3 is 2.12 bits per heavy atom. The van der Waals surface area contributed by atoms with Crippen LogP contribution in [0.3, 0.4) is 0 Å². The molecule has 0 saturated heterocycles. The van der Waals surface area contributed by atoms with Crippen LogP contribution in [0.15, 0.2) is 36.4 Å². The Bertz CT molecular complexity index is 875. The van der Waals surface area contributed by atoms with Crippen LogP contribution in [0.1, 0.15) is 77.2 Å². The Kier molecular flexibility index (Phi) is 7.86. The third-order valence-corrected chi connectivity index (χ3v) is 8.03. The van der Waals surface area contributed by atoms with Crippen LogP contribution in [0.25, 0.3) is 11.1 Å². The van der Waals surface area contributed by atoms with Gasteiger partial charge in [0.25, 0.3) is 0 Å². The van der Waals surface area contributed by atoms with Crippen molar-refractivity contribution in [3.63, 3.8) is 0 Å². The largest absolute Gasteiger partial charge is 0.490 e. The third-order valence-electron chi connectivity index (χ3n) is 8.03. The minimum atomic E-state index is -0.892. The molecule has 2 aliphatic rings. The van der Waals surface area contributed by atoms with Crippen molar-refractivity contribution in [3.8, 4) is 16.9 Å². The summed E-state index contributed by atoms with van der Waals surface area (Å²) in [6, 6.07) is 11.2. The van der Waals surface area contributed by atoms with Crippen molar-refractivity contribution in [1.82, 2.24) is 0 Å². The van der Waals surface area contributed by atoms with E-state index in [1.165, 1.54) is 50.5 Å². The van der Waals surface area contributed by atoms with E-state index in [0.29, 0.717) is 17.7 Å². The van der Waals surface area contributed by atoms with Gasteiger partial charge in [-0.05, 0) is 91.9 Å². The van der Waals surface area contributed by atoms with Gasteiger partial charge in [-0.15, -0.1) is 0 Å². The normalized spacial score (nSPS) is 24.6. The zero-order valence-electron chi connectivity index (χ0n) is 19.7. The van der Waals surface area contributed by atoms with Crippen LogP contribution >= 0.6 is 0 Å². The highest BCUT2D eigenvalue weighted by molar-refractivity contribution is 5.65. The maximum atomic E-state index is 14.7. The quantitative estimate of drug-likeness (QED) is 0.336. The second-order valence-electron chi connectivity index (χ2n) is 9.97. The molecule has 0 aliphatic heterocycles. The first kappa shape index (κ1) is 23.3. The lowest BCUT2D eigenvalue weighted by Crippen LogP contribution is -2.13. The summed E-state index contributed by atoms with van der Waals surface area (Å²) in [4.78, 5) is 0. The lowest BCUT2D eigenvalue weighted by molar-refractivity contribution is 0.289. The van der Waals surface area contributed by atoms with Crippen LogP contribution in [0.2, 0.25) is 0 Å². The summed E-state index contributed by atoms with van der Waals surface area (Å²) >= 11 is 0. The SMILES string of the molecule is CCCCOc1ccc(-c2ccc(CCC3CCC4C(CCC)CCC34)cc2)c(F)c1F. The van der Waals surface area contributed by atoms with Gasteiger partial charge in [0.15, 0.2) is 11.6 Å². The third kappa shape index (κ3) is 5.02. The van der Waals surface area contributed by atoms with Crippen molar-refractivity contribution < 1.29 is 13.5 Å². The summed E-state index contributed by atoms with van der Waals surface area (Å²) in [7, 11) is 0. The molecule has 0 heterocycles. The number of hydrogen-bond donors (Lipinski definition) is 0. The predicted molar refractivity (Wildman–Crippen MR) is 128 cm³/mol. The van der Waals surface area contributed by atoms with E-state index in [1.807, 2.05) is 19.1 Å². The van der Waals surface area contributed by atoms with E-state index >= 15 is 0 Å². The zero-order valence-corrected chi connectivity index (χ0v) is 19.7. The van der Waals surface area contributed by atoms with Crippen LogP contribution in [0.5, 0.6) is 5.75 Å². The van der Waals surface area contributed by atoms with Crippen molar-refractivity contribution >= 4 is 0 Å². The molecule has 2 fully saturated rings. The first-order valence-corrected chi connectivity index (χ1v) is 12.8. The molecule has 0 radical (unpaired) electrons.